The number of hydrogen-bond donors (Lipinski definition) is 1. The van der Waals surface area contributed by atoms with Crippen LogP contribution in [0.2, 0.25) is 0 Å². The van der Waals surface area contributed by atoms with E-state index in [9.17, 15) is 0 Å². The molecule has 0 atom stereocenters. The smallest absolute Gasteiger partial charge is 0.199 e. The van der Waals surface area contributed by atoms with Crippen molar-refractivity contribution in [1.82, 2.24) is 34.8 Å². The van der Waals surface area contributed by atoms with Crippen LogP contribution >= 0.6 is 0 Å². The number of tetrazole rings is 1. The fourth-order valence-corrected chi connectivity index (χ4v) is 1.59. The summed E-state index contributed by atoms with van der Waals surface area (Å²) < 4.78 is 3.45. The molecule has 92 valence electrons. The average Bonchev–Trinajstić information content (AvgIpc) is 2.97. The van der Waals surface area contributed by atoms with Crippen LogP contribution in [0.1, 0.15) is 19.9 Å². The zero-order chi connectivity index (χ0) is 12.5. The van der Waals surface area contributed by atoms with E-state index in [1.54, 1.807) is 23.1 Å². The zero-order valence-corrected chi connectivity index (χ0v) is 10.0. The first-order valence-electron chi connectivity index (χ1n) is 5.57. The van der Waals surface area contributed by atoms with Gasteiger partial charge in [-0.1, -0.05) is 0 Å². The molecular formula is C10H12N8. The van der Waals surface area contributed by atoms with Crippen molar-refractivity contribution in [3.8, 4) is 0 Å². The molecule has 0 fully saturated rings. The Kier molecular flexibility index (Phi) is 2.40. The molecule has 3 rings (SSSR count). The summed E-state index contributed by atoms with van der Waals surface area (Å²) in [4.78, 5) is 4.07. The first-order valence-corrected chi connectivity index (χ1v) is 5.57. The molecular weight excluding hydrogens is 232 g/mol. The highest BCUT2D eigenvalue weighted by Crippen LogP contribution is 2.16. The van der Waals surface area contributed by atoms with Crippen LogP contribution in [-0.4, -0.2) is 34.8 Å². The molecule has 0 saturated carbocycles. The van der Waals surface area contributed by atoms with Gasteiger partial charge in [0.15, 0.2) is 11.5 Å². The third kappa shape index (κ3) is 1.77. The Bertz CT molecular complexity index is 667. The highest BCUT2D eigenvalue weighted by Gasteiger charge is 2.06. The van der Waals surface area contributed by atoms with E-state index in [1.807, 2.05) is 10.9 Å². The van der Waals surface area contributed by atoms with E-state index in [0.717, 1.165) is 5.69 Å². The lowest BCUT2D eigenvalue weighted by Gasteiger charge is -2.05. The van der Waals surface area contributed by atoms with E-state index < -0.39 is 0 Å². The van der Waals surface area contributed by atoms with Crippen molar-refractivity contribution in [2.24, 2.45) is 0 Å². The maximum atomic E-state index is 4.25. The maximum absolute atomic E-state index is 4.25. The molecule has 0 aromatic carbocycles. The van der Waals surface area contributed by atoms with Gasteiger partial charge in [-0.3, -0.25) is 9.67 Å². The van der Waals surface area contributed by atoms with Crippen molar-refractivity contribution in [3.05, 3.63) is 24.8 Å². The molecule has 0 amide bonds. The third-order valence-electron chi connectivity index (χ3n) is 2.51. The van der Waals surface area contributed by atoms with Gasteiger partial charge in [0, 0.05) is 12.2 Å². The standard InChI is InChI=1S/C10H12N8/c1-7(2)17-6-8(3-12-17)13-9-4-11-5-10-14-15-16-18(9)10/h3-7,13H,1-2H3. The van der Waals surface area contributed by atoms with E-state index in [2.05, 4.69) is 44.8 Å². The van der Waals surface area contributed by atoms with E-state index in [0.29, 0.717) is 17.5 Å². The molecule has 8 heteroatoms. The Hall–Kier alpha value is -2.51. The minimum absolute atomic E-state index is 0.322. The molecule has 0 spiro atoms. The van der Waals surface area contributed by atoms with Gasteiger partial charge in [-0.25, -0.2) is 0 Å². The van der Waals surface area contributed by atoms with Gasteiger partial charge in [-0.05, 0) is 24.3 Å². The molecule has 3 aromatic heterocycles. The quantitative estimate of drug-likeness (QED) is 0.740. The Balaban J connectivity index is 1.93. The Morgan fingerprint density at radius 1 is 1.22 bits per heavy atom. The van der Waals surface area contributed by atoms with E-state index in [-0.39, 0.29) is 0 Å². The molecule has 0 aliphatic rings. The lowest BCUT2D eigenvalue weighted by atomic mass is 10.4. The molecule has 0 aliphatic carbocycles. The third-order valence-corrected chi connectivity index (χ3v) is 2.51. The summed E-state index contributed by atoms with van der Waals surface area (Å²) in [5.41, 5.74) is 1.46. The van der Waals surface area contributed by atoms with Crippen LogP contribution in [0.25, 0.3) is 5.65 Å². The van der Waals surface area contributed by atoms with E-state index in [4.69, 9.17) is 0 Å². The highest BCUT2D eigenvalue weighted by atomic mass is 15.5. The highest BCUT2D eigenvalue weighted by molar-refractivity contribution is 5.56. The largest absolute Gasteiger partial charge is 0.336 e. The van der Waals surface area contributed by atoms with Crippen molar-refractivity contribution < 1.29 is 0 Å². The molecule has 18 heavy (non-hydrogen) atoms. The number of anilines is 2. The van der Waals surface area contributed by atoms with Crippen LogP contribution in [0.4, 0.5) is 11.5 Å². The van der Waals surface area contributed by atoms with Crippen LogP contribution in [0.3, 0.4) is 0 Å². The molecule has 3 aromatic rings. The normalized spacial score (nSPS) is 11.3. The summed E-state index contributed by atoms with van der Waals surface area (Å²) >= 11 is 0. The number of hydrogen-bond acceptors (Lipinski definition) is 6. The van der Waals surface area contributed by atoms with Crippen LogP contribution in [0.5, 0.6) is 0 Å². The van der Waals surface area contributed by atoms with Crippen LogP contribution in [0, 0.1) is 0 Å². The predicted molar refractivity (Wildman–Crippen MR) is 64.5 cm³/mol. The van der Waals surface area contributed by atoms with E-state index >= 15 is 0 Å². The summed E-state index contributed by atoms with van der Waals surface area (Å²) in [6.07, 6.45) is 6.94. The second kappa shape index (κ2) is 4.06. The van der Waals surface area contributed by atoms with Gasteiger partial charge >= 0.3 is 0 Å². The maximum Gasteiger partial charge on any atom is 0.199 e. The number of nitrogens with zero attached hydrogens (tertiary/aromatic N) is 7. The van der Waals surface area contributed by atoms with Crippen molar-refractivity contribution in [3.63, 3.8) is 0 Å². The van der Waals surface area contributed by atoms with Crippen molar-refractivity contribution in [2.75, 3.05) is 5.32 Å². The van der Waals surface area contributed by atoms with Gasteiger partial charge < -0.3 is 5.32 Å². The zero-order valence-electron chi connectivity index (χ0n) is 10.0. The SMILES string of the molecule is CC(C)n1cc(Nc2cncc3nnnn23)cn1. The molecule has 0 unspecified atom stereocenters. The minimum atomic E-state index is 0.322. The number of aromatic nitrogens is 7. The molecule has 0 aliphatic heterocycles. The average molecular weight is 244 g/mol. The molecule has 3 heterocycles. The topological polar surface area (TPSA) is 85.8 Å². The van der Waals surface area contributed by atoms with Gasteiger partial charge in [0.25, 0.3) is 0 Å². The summed E-state index contributed by atoms with van der Waals surface area (Å²) in [5, 5.41) is 18.8. The monoisotopic (exact) mass is 244 g/mol. The summed E-state index contributed by atoms with van der Waals surface area (Å²) in [6, 6.07) is 0.322. The fourth-order valence-electron chi connectivity index (χ4n) is 1.59. The predicted octanol–water partition coefficient (Wildman–Crippen LogP) is 1.04. The van der Waals surface area contributed by atoms with Gasteiger partial charge in [0.1, 0.15) is 0 Å². The fraction of sp³-hybridized carbons (Fsp3) is 0.300. The lowest BCUT2D eigenvalue weighted by molar-refractivity contribution is 0.532. The first kappa shape index (κ1) is 10.6. The number of fused-ring (bicyclic) bond motifs is 1. The molecule has 0 saturated heterocycles. The summed E-state index contributed by atoms with van der Waals surface area (Å²) in [5.74, 6) is 0.695. The second-order valence-electron chi connectivity index (χ2n) is 4.17. The Morgan fingerprint density at radius 2 is 2.11 bits per heavy atom. The summed E-state index contributed by atoms with van der Waals surface area (Å²) in [6.45, 7) is 4.14. The van der Waals surface area contributed by atoms with Crippen molar-refractivity contribution >= 4 is 17.2 Å². The summed E-state index contributed by atoms with van der Waals surface area (Å²) in [7, 11) is 0. The van der Waals surface area contributed by atoms with Crippen LogP contribution in [0.15, 0.2) is 24.8 Å². The van der Waals surface area contributed by atoms with Crippen LogP contribution < -0.4 is 5.32 Å². The number of rotatable bonds is 3. The van der Waals surface area contributed by atoms with Crippen LogP contribution in [-0.2, 0) is 0 Å². The van der Waals surface area contributed by atoms with Gasteiger partial charge in [0.05, 0.1) is 24.3 Å². The van der Waals surface area contributed by atoms with Crippen molar-refractivity contribution in [1.29, 1.82) is 0 Å². The Labute approximate surface area is 103 Å². The van der Waals surface area contributed by atoms with Gasteiger partial charge in [0.2, 0.25) is 0 Å². The molecule has 0 radical (unpaired) electrons. The minimum Gasteiger partial charge on any atom is -0.336 e. The molecule has 0 bridgehead atoms. The molecule has 1 N–H and O–H groups in total. The van der Waals surface area contributed by atoms with Crippen molar-refractivity contribution in [2.45, 2.75) is 19.9 Å². The lowest BCUT2D eigenvalue weighted by Crippen LogP contribution is -2.01. The molecule has 8 nitrogen and oxygen atoms in total. The number of nitrogens with one attached hydrogen (secondary N) is 1. The first-order chi connectivity index (χ1) is 8.74. The van der Waals surface area contributed by atoms with E-state index in [1.165, 1.54) is 0 Å². The van der Waals surface area contributed by atoms with Gasteiger partial charge in [-0.15, -0.1) is 5.10 Å². The Morgan fingerprint density at radius 3 is 2.89 bits per heavy atom. The van der Waals surface area contributed by atoms with Gasteiger partial charge in [-0.2, -0.15) is 9.61 Å². The second-order valence-corrected chi connectivity index (χ2v) is 4.17.